The standard InChI is InChI=1S/C42H26N2O/c1-2-10-27(11-3-1)42-44-41-38(30-13-8-12-28(22-30)31-14-9-21-43-26-31)24-32(25-40(41)45-42)29-19-20-37-35-17-5-4-15-33(35)34-16-6-7-18-36(34)39(37)23-29/h1-26H. The SMILES string of the molecule is c1ccc(-c2nc3c(-c4cccc(-c5cccnc5)c4)cc(-c4ccc5c6ccccc6c6ccccc6c5c4)cc3o2)cc1. The molecule has 7 aromatic carbocycles. The molecule has 0 atom stereocenters. The van der Waals surface area contributed by atoms with Crippen LogP contribution in [-0.2, 0) is 0 Å². The van der Waals surface area contributed by atoms with E-state index in [2.05, 4.69) is 114 Å². The van der Waals surface area contributed by atoms with E-state index in [1.165, 1.54) is 32.3 Å². The zero-order valence-corrected chi connectivity index (χ0v) is 24.3. The number of aromatic nitrogens is 2. The molecule has 0 amide bonds. The predicted molar refractivity (Wildman–Crippen MR) is 186 cm³/mol. The highest BCUT2D eigenvalue weighted by atomic mass is 16.3. The minimum atomic E-state index is 0.614. The van der Waals surface area contributed by atoms with Crippen molar-refractivity contribution in [3.8, 4) is 44.8 Å². The summed E-state index contributed by atoms with van der Waals surface area (Å²) in [4.78, 5) is 9.38. The molecule has 9 aromatic rings. The van der Waals surface area contributed by atoms with Gasteiger partial charge in [0.1, 0.15) is 5.52 Å². The van der Waals surface area contributed by atoms with E-state index in [9.17, 15) is 0 Å². The summed E-state index contributed by atoms with van der Waals surface area (Å²) in [5.41, 5.74) is 9.06. The minimum Gasteiger partial charge on any atom is -0.436 e. The van der Waals surface area contributed by atoms with Crippen LogP contribution in [0.2, 0.25) is 0 Å². The molecule has 45 heavy (non-hydrogen) atoms. The zero-order chi connectivity index (χ0) is 29.7. The van der Waals surface area contributed by atoms with Crippen molar-refractivity contribution in [1.82, 2.24) is 9.97 Å². The lowest BCUT2D eigenvalue weighted by Crippen LogP contribution is -1.88. The van der Waals surface area contributed by atoms with Crippen molar-refractivity contribution in [2.45, 2.75) is 0 Å². The van der Waals surface area contributed by atoms with Crippen molar-refractivity contribution in [3.05, 3.63) is 158 Å². The predicted octanol–water partition coefficient (Wildman–Crippen LogP) is 11.4. The highest BCUT2D eigenvalue weighted by Gasteiger charge is 2.17. The Morgan fingerprint density at radius 1 is 0.400 bits per heavy atom. The molecule has 0 N–H and O–H groups in total. The van der Waals surface area contributed by atoms with E-state index in [1.54, 1.807) is 6.20 Å². The van der Waals surface area contributed by atoms with E-state index < -0.39 is 0 Å². The molecule has 2 aromatic heterocycles. The molecule has 0 saturated heterocycles. The van der Waals surface area contributed by atoms with Gasteiger partial charge in [-0.25, -0.2) is 4.98 Å². The number of pyridine rings is 1. The van der Waals surface area contributed by atoms with Gasteiger partial charge in [-0.05, 0) is 97.0 Å². The number of rotatable bonds is 4. The van der Waals surface area contributed by atoms with Crippen LogP contribution in [0.5, 0.6) is 0 Å². The maximum Gasteiger partial charge on any atom is 0.227 e. The summed E-state index contributed by atoms with van der Waals surface area (Å²) in [6.07, 6.45) is 3.70. The largest absolute Gasteiger partial charge is 0.436 e. The third-order valence-electron chi connectivity index (χ3n) is 8.76. The zero-order valence-electron chi connectivity index (χ0n) is 24.3. The highest BCUT2D eigenvalue weighted by molar-refractivity contribution is 6.25. The first-order chi connectivity index (χ1) is 22.3. The summed E-state index contributed by atoms with van der Waals surface area (Å²) in [5, 5.41) is 7.56. The molecule has 0 aliphatic rings. The van der Waals surface area contributed by atoms with Crippen molar-refractivity contribution < 1.29 is 4.42 Å². The van der Waals surface area contributed by atoms with Crippen molar-refractivity contribution in [1.29, 1.82) is 0 Å². The smallest absolute Gasteiger partial charge is 0.227 e. The second kappa shape index (κ2) is 10.3. The van der Waals surface area contributed by atoms with E-state index in [-0.39, 0.29) is 0 Å². The molecule has 3 nitrogen and oxygen atoms in total. The molecule has 0 aliphatic heterocycles. The van der Waals surface area contributed by atoms with Gasteiger partial charge < -0.3 is 4.42 Å². The fourth-order valence-electron chi connectivity index (χ4n) is 6.61. The maximum atomic E-state index is 6.49. The fourth-order valence-corrected chi connectivity index (χ4v) is 6.61. The van der Waals surface area contributed by atoms with Crippen LogP contribution in [0.4, 0.5) is 0 Å². The van der Waals surface area contributed by atoms with Crippen LogP contribution in [0.15, 0.2) is 162 Å². The number of fused-ring (bicyclic) bond motifs is 7. The fraction of sp³-hybridized carbons (Fsp3) is 0. The average molecular weight is 575 g/mol. The number of nitrogens with zero attached hydrogens (tertiary/aromatic N) is 2. The molecule has 0 unspecified atom stereocenters. The Morgan fingerprint density at radius 3 is 1.76 bits per heavy atom. The van der Waals surface area contributed by atoms with Crippen LogP contribution in [0.1, 0.15) is 0 Å². The molecule has 0 spiro atoms. The average Bonchev–Trinajstić information content (AvgIpc) is 3.56. The van der Waals surface area contributed by atoms with E-state index in [1.807, 2.05) is 42.6 Å². The minimum absolute atomic E-state index is 0.614. The normalized spacial score (nSPS) is 11.6. The summed E-state index contributed by atoms with van der Waals surface area (Å²) in [7, 11) is 0. The van der Waals surface area contributed by atoms with Gasteiger partial charge in [0.05, 0.1) is 0 Å². The van der Waals surface area contributed by atoms with Gasteiger partial charge in [0.25, 0.3) is 0 Å². The number of hydrogen-bond donors (Lipinski definition) is 0. The van der Waals surface area contributed by atoms with Crippen molar-refractivity contribution in [2.75, 3.05) is 0 Å². The number of benzene rings is 7. The Morgan fingerprint density at radius 2 is 1.02 bits per heavy atom. The summed E-state index contributed by atoms with van der Waals surface area (Å²) in [6, 6.07) is 51.4. The topological polar surface area (TPSA) is 38.9 Å². The first-order valence-electron chi connectivity index (χ1n) is 15.1. The van der Waals surface area contributed by atoms with E-state index in [4.69, 9.17) is 9.40 Å². The van der Waals surface area contributed by atoms with Crippen LogP contribution in [-0.4, -0.2) is 9.97 Å². The summed E-state index contributed by atoms with van der Waals surface area (Å²) < 4.78 is 6.49. The maximum absolute atomic E-state index is 6.49. The molecule has 0 bridgehead atoms. The molecule has 210 valence electrons. The number of oxazole rings is 1. The molecule has 9 rings (SSSR count). The second-order valence-electron chi connectivity index (χ2n) is 11.4. The molecule has 0 radical (unpaired) electrons. The lowest BCUT2D eigenvalue weighted by molar-refractivity contribution is 0.620. The second-order valence-corrected chi connectivity index (χ2v) is 11.4. The van der Waals surface area contributed by atoms with E-state index in [0.717, 1.165) is 50.0 Å². The lowest BCUT2D eigenvalue weighted by atomic mass is 9.91. The van der Waals surface area contributed by atoms with Gasteiger partial charge in [0, 0.05) is 29.1 Å². The Hall–Kier alpha value is -6.06. The van der Waals surface area contributed by atoms with Crippen LogP contribution >= 0.6 is 0 Å². The highest BCUT2D eigenvalue weighted by Crippen LogP contribution is 2.40. The first-order valence-corrected chi connectivity index (χ1v) is 15.1. The lowest BCUT2D eigenvalue weighted by Gasteiger charge is -2.13. The van der Waals surface area contributed by atoms with Gasteiger partial charge in [-0.15, -0.1) is 0 Å². The summed E-state index contributed by atoms with van der Waals surface area (Å²) >= 11 is 0. The Balaban J connectivity index is 1.29. The number of hydrogen-bond acceptors (Lipinski definition) is 3. The van der Waals surface area contributed by atoms with Gasteiger partial charge in [0.2, 0.25) is 5.89 Å². The van der Waals surface area contributed by atoms with E-state index in [0.29, 0.717) is 5.89 Å². The van der Waals surface area contributed by atoms with Gasteiger partial charge in [0.15, 0.2) is 5.58 Å². The summed E-state index contributed by atoms with van der Waals surface area (Å²) in [6.45, 7) is 0. The van der Waals surface area contributed by atoms with Crippen LogP contribution in [0.3, 0.4) is 0 Å². The van der Waals surface area contributed by atoms with Gasteiger partial charge in [-0.1, -0.05) is 103 Å². The third kappa shape index (κ3) is 4.29. The Kier molecular flexibility index (Phi) is 5.82. The molecule has 0 fully saturated rings. The molecule has 0 aliphatic carbocycles. The van der Waals surface area contributed by atoms with Gasteiger partial charge in [-0.2, -0.15) is 0 Å². The Labute approximate surface area is 260 Å². The first kappa shape index (κ1) is 25.4. The molecule has 0 saturated carbocycles. The third-order valence-corrected chi connectivity index (χ3v) is 8.76. The monoisotopic (exact) mass is 574 g/mol. The van der Waals surface area contributed by atoms with Crippen LogP contribution in [0, 0.1) is 0 Å². The van der Waals surface area contributed by atoms with Crippen molar-refractivity contribution in [3.63, 3.8) is 0 Å². The van der Waals surface area contributed by atoms with Gasteiger partial charge in [-0.3, -0.25) is 4.98 Å². The van der Waals surface area contributed by atoms with E-state index >= 15 is 0 Å². The summed E-state index contributed by atoms with van der Waals surface area (Å²) in [5.74, 6) is 0.614. The molecule has 3 heteroatoms. The molecular weight excluding hydrogens is 548 g/mol. The van der Waals surface area contributed by atoms with Crippen molar-refractivity contribution in [2.24, 2.45) is 0 Å². The van der Waals surface area contributed by atoms with Crippen LogP contribution < -0.4 is 0 Å². The molecular formula is C42H26N2O. The van der Waals surface area contributed by atoms with Crippen LogP contribution in [0.25, 0.3) is 88.3 Å². The quantitative estimate of drug-likeness (QED) is 0.196. The van der Waals surface area contributed by atoms with Gasteiger partial charge >= 0.3 is 0 Å². The van der Waals surface area contributed by atoms with Crippen molar-refractivity contribution >= 4 is 43.4 Å². The molecule has 2 heterocycles. The Bertz CT molecular complexity index is 2500.